The average Bonchev–Trinajstić information content (AvgIpc) is 3.22. The standard InChI is InChI=1S/C29H34N2S.Pt/c1-20(15-16-21(2)28(3,4)5)24-13-9-11-22(30-24)19-23-12-10-14-25(31-23)26-17-18-27(32-26)29(6,7)8;/h9-14,16,18H,19H2,1-8H3;/q-2;+2/b21-16+;. The average molecular weight is 638 g/mol. The maximum atomic E-state index is 4.90. The monoisotopic (exact) mass is 637 g/mol. The molecule has 0 saturated heterocycles. The van der Waals surface area contributed by atoms with Crippen LogP contribution in [0.1, 0.15) is 77.3 Å². The van der Waals surface area contributed by atoms with Gasteiger partial charge >= 0.3 is 21.1 Å². The van der Waals surface area contributed by atoms with Gasteiger partial charge in [-0.15, -0.1) is 5.57 Å². The summed E-state index contributed by atoms with van der Waals surface area (Å²) in [6.45, 7) is 17.6. The van der Waals surface area contributed by atoms with Crippen LogP contribution in [-0.2, 0) is 32.9 Å². The third-order valence-corrected chi connectivity index (χ3v) is 7.05. The van der Waals surface area contributed by atoms with Gasteiger partial charge in [0.1, 0.15) is 0 Å². The Morgan fingerprint density at radius 2 is 1.61 bits per heavy atom. The Balaban J connectivity index is 0.00000385. The van der Waals surface area contributed by atoms with E-state index in [1.807, 2.05) is 6.07 Å². The Hall–Kier alpha value is -1.83. The Bertz CT molecular complexity index is 1140. The quantitative estimate of drug-likeness (QED) is 0.209. The third-order valence-electron chi connectivity index (χ3n) is 5.57. The summed E-state index contributed by atoms with van der Waals surface area (Å²) in [7, 11) is 0. The zero-order valence-electron chi connectivity index (χ0n) is 20.9. The first-order valence-corrected chi connectivity index (χ1v) is 12.0. The fourth-order valence-electron chi connectivity index (χ4n) is 2.98. The molecule has 0 atom stereocenters. The van der Waals surface area contributed by atoms with Crippen molar-refractivity contribution in [1.82, 2.24) is 9.97 Å². The molecule has 2 nitrogen and oxygen atoms in total. The van der Waals surface area contributed by atoms with Gasteiger partial charge in [0.15, 0.2) is 0 Å². The predicted molar refractivity (Wildman–Crippen MR) is 138 cm³/mol. The number of nitrogens with zero attached hydrogens (tertiary/aromatic N) is 2. The second kappa shape index (κ2) is 11.1. The first kappa shape index (κ1) is 27.4. The largest absolute Gasteiger partial charge is 2.00 e. The minimum atomic E-state index is 0. The summed E-state index contributed by atoms with van der Waals surface area (Å²) in [5.41, 5.74) is 6.58. The summed E-state index contributed by atoms with van der Waals surface area (Å²) in [4.78, 5) is 12.2. The van der Waals surface area contributed by atoms with Crippen molar-refractivity contribution in [3.63, 3.8) is 0 Å². The molecule has 0 aliphatic carbocycles. The van der Waals surface area contributed by atoms with Crippen molar-refractivity contribution in [2.45, 2.75) is 67.2 Å². The first-order valence-electron chi connectivity index (χ1n) is 11.2. The Morgan fingerprint density at radius 3 is 2.21 bits per heavy atom. The van der Waals surface area contributed by atoms with Gasteiger partial charge < -0.3 is 9.97 Å². The van der Waals surface area contributed by atoms with Crippen LogP contribution >= 0.6 is 11.3 Å². The van der Waals surface area contributed by atoms with Crippen molar-refractivity contribution in [1.29, 1.82) is 0 Å². The van der Waals surface area contributed by atoms with Crippen molar-refractivity contribution in [3.8, 4) is 10.6 Å². The summed E-state index contributed by atoms with van der Waals surface area (Å²) in [6.07, 6.45) is 6.19. The van der Waals surface area contributed by atoms with Crippen LogP contribution in [0.4, 0.5) is 0 Å². The number of allylic oxidation sites excluding steroid dienone is 4. The predicted octanol–water partition coefficient (Wildman–Crippen LogP) is 8.09. The fraction of sp³-hybridized carbons (Fsp3) is 0.379. The molecule has 4 heteroatoms. The number of pyridine rings is 2. The van der Waals surface area contributed by atoms with Gasteiger partial charge in [-0.3, -0.25) is 0 Å². The van der Waals surface area contributed by atoms with Crippen molar-refractivity contribution in [2.75, 3.05) is 0 Å². The van der Waals surface area contributed by atoms with E-state index in [-0.39, 0.29) is 31.9 Å². The van der Waals surface area contributed by atoms with Gasteiger partial charge in [0.25, 0.3) is 0 Å². The van der Waals surface area contributed by atoms with Gasteiger partial charge in [-0.05, 0) is 28.9 Å². The number of aromatic nitrogens is 2. The van der Waals surface area contributed by atoms with E-state index in [0.717, 1.165) is 33.2 Å². The van der Waals surface area contributed by atoms with Gasteiger partial charge in [-0.2, -0.15) is 29.9 Å². The molecule has 3 heterocycles. The van der Waals surface area contributed by atoms with Crippen LogP contribution in [-0.4, -0.2) is 9.97 Å². The molecular weight excluding hydrogens is 603 g/mol. The van der Waals surface area contributed by atoms with Crippen LogP contribution in [0.5, 0.6) is 0 Å². The Labute approximate surface area is 218 Å². The Kier molecular flexibility index (Phi) is 9.19. The van der Waals surface area contributed by atoms with E-state index in [1.165, 1.54) is 10.5 Å². The van der Waals surface area contributed by atoms with Crippen molar-refractivity contribution < 1.29 is 21.1 Å². The molecule has 3 aromatic rings. The molecule has 0 amide bonds. The molecule has 3 aromatic heterocycles. The van der Waals surface area contributed by atoms with E-state index in [2.05, 4.69) is 110 Å². The molecule has 0 saturated carbocycles. The van der Waals surface area contributed by atoms with Gasteiger partial charge in [-0.1, -0.05) is 94.8 Å². The van der Waals surface area contributed by atoms with E-state index in [4.69, 9.17) is 9.97 Å². The van der Waals surface area contributed by atoms with E-state index in [1.54, 1.807) is 11.3 Å². The molecule has 0 N–H and O–H groups in total. The van der Waals surface area contributed by atoms with Crippen LogP contribution in [0.2, 0.25) is 0 Å². The molecule has 3 rings (SSSR count). The minimum Gasteiger partial charge on any atom is -0.316 e. The van der Waals surface area contributed by atoms with Gasteiger partial charge in [0.2, 0.25) is 0 Å². The zero-order chi connectivity index (χ0) is 23.5. The van der Waals surface area contributed by atoms with Gasteiger partial charge in [0.05, 0.1) is 0 Å². The molecule has 33 heavy (non-hydrogen) atoms. The summed E-state index contributed by atoms with van der Waals surface area (Å²) in [5, 5.41) is 0. The van der Waals surface area contributed by atoms with Crippen LogP contribution in [0.25, 0.3) is 16.1 Å². The number of rotatable bonds is 5. The van der Waals surface area contributed by atoms with Crippen LogP contribution in [0.3, 0.4) is 0 Å². The van der Waals surface area contributed by atoms with Crippen LogP contribution in [0, 0.1) is 17.6 Å². The maximum Gasteiger partial charge on any atom is 2.00 e. The second-order valence-electron chi connectivity index (χ2n) is 10.4. The van der Waals surface area contributed by atoms with Gasteiger partial charge in [-0.25, -0.2) is 11.3 Å². The smallest absolute Gasteiger partial charge is 0.316 e. The third kappa shape index (κ3) is 7.59. The van der Waals surface area contributed by atoms with E-state index in [0.29, 0.717) is 6.42 Å². The molecule has 0 bridgehead atoms. The summed E-state index contributed by atoms with van der Waals surface area (Å²) >= 11 is 1.77. The number of thiophene rings is 1. The summed E-state index contributed by atoms with van der Waals surface area (Å²) in [6, 6.07) is 17.9. The first-order chi connectivity index (χ1) is 14.9. The summed E-state index contributed by atoms with van der Waals surface area (Å²) in [5.74, 6) is 0. The number of hydrogen-bond acceptors (Lipinski definition) is 3. The molecule has 176 valence electrons. The van der Waals surface area contributed by atoms with Crippen LogP contribution in [0.15, 0.2) is 54.1 Å². The topological polar surface area (TPSA) is 25.8 Å². The molecular formula is C29H34N2PtS. The molecule has 0 radical (unpaired) electrons. The molecule has 0 unspecified atom stereocenters. The minimum absolute atomic E-state index is 0. The number of hydrogen-bond donors (Lipinski definition) is 0. The van der Waals surface area contributed by atoms with E-state index in [9.17, 15) is 0 Å². The summed E-state index contributed by atoms with van der Waals surface area (Å²) < 4.78 is 0. The Morgan fingerprint density at radius 1 is 0.970 bits per heavy atom. The normalized spacial score (nSPS) is 13.1. The molecule has 0 aliphatic heterocycles. The molecule has 0 fully saturated rings. The fourth-order valence-corrected chi connectivity index (χ4v) is 3.96. The van der Waals surface area contributed by atoms with Crippen molar-refractivity contribution in [2.24, 2.45) is 5.41 Å². The second-order valence-corrected chi connectivity index (χ2v) is 11.4. The molecule has 0 spiro atoms. The zero-order valence-corrected chi connectivity index (χ0v) is 24.0. The van der Waals surface area contributed by atoms with Crippen molar-refractivity contribution in [3.05, 3.63) is 88.2 Å². The van der Waals surface area contributed by atoms with E-state index < -0.39 is 0 Å². The van der Waals surface area contributed by atoms with E-state index >= 15 is 0 Å². The SMILES string of the molecule is CC(=[C-]/C=C(\C)C(C)(C)C)c1cccc(Cc2cccc(-c3[c-]cc(C(C)(C)C)s3)n2)n1.[Pt+2]. The molecule has 0 aliphatic rings. The molecule has 0 aromatic carbocycles. The van der Waals surface area contributed by atoms with Crippen molar-refractivity contribution >= 4 is 16.9 Å². The maximum absolute atomic E-state index is 4.90. The van der Waals surface area contributed by atoms with Crippen LogP contribution < -0.4 is 0 Å². The van der Waals surface area contributed by atoms with Gasteiger partial charge in [0, 0.05) is 17.8 Å².